The molecular formula is C21H27NO6S. The average Bonchev–Trinajstić information content (AvgIpc) is 2.69. The number of carboxylic acids is 1. The highest BCUT2D eigenvalue weighted by Gasteiger charge is 2.56. The zero-order valence-corrected chi connectivity index (χ0v) is 17.8. The van der Waals surface area contributed by atoms with Crippen LogP contribution in [0.3, 0.4) is 0 Å². The van der Waals surface area contributed by atoms with Crippen LogP contribution < -0.4 is 4.74 Å². The highest BCUT2D eigenvalue weighted by molar-refractivity contribution is 7.93. The number of piperidine rings is 1. The monoisotopic (exact) mass is 421 g/mol. The SMILES string of the molecule is CC#CCOc1ccc(S(=O)(=O)C(CC)(C(=O)O)C2CCN(C(C)=O)CC2)cc1. The molecule has 0 saturated carbocycles. The van der Waals surface area contributed by atoms with Crippen LogP contribution in [-0.4, -0.2) is 54.7 Å². The molecule has 158 valence electrons. The van der Waals surface area contributed by atoms with Gasteiger partial charge in [-0.25, -0.2) is 8.42 Å². The third-order valence-electron chi connectivity index (χ3n) is 5.59. The number of amides is 1. The molecule has 7 nitrogen and oxygen atoms in total. The van der Waals surface area contributed by atoms with Gasteiger partial charge in [0.15, 0.2) is 14.6 Å². The number of sulfone groups is 1. The minimum atomic E-state index is -4.18. The van der Waals surface area contributed by atoms with Crippen molar-refractivity contribution in [2.45, 2.75) is 49.7 Å². The Labute approximate surface area is 172 Å². The number of carbonyl (C=O) groups excluding carboxylic acids is 1. The van der Waals surface area contributed by atoms with Gasteiger partial charge >= 0.3 is 5.97 Å². The molecule has 1 N–H and O–H groups in total. The first-order chi connectivity index (χ1) is 13.7. The van der Waals surface area contributed by atoms with E-state index in [0.29, 0.717) is 31.7 Å². The molecule has 1 aliphatic rings. The van der Waals surface area contributed by atoms with Gasteiger partial charge in [-0.3, -0.25) is 9.59 Å². The van der Waals surface area contributed by atoms with Gasteiger partial charge in [0, 0.05) is 20.0 Å². The van der Waals surface area contributed by atoms with E-state index >= 15 is 0 Å². The molecule has 2 rings (SSSR count). The molecule has 1 aliphatic heterocycles. The van der Waals surface area contributed by atoms with Crippen LogP contribution in [0, 0.1) is 17.8 Å². The number of benzene rings is 1. The van der Waals surface area contributed by atoms with Crippen LogP contribution in [0.4, 0.5) is 0 Å². The van der Waals surface area contributed by atoms with Gasteiger partial charge in [-0.1, -0.05) is 12.8 Å². The topological polar surface area (TPSA) is 101 Å². The van der Waals surface area contributed by atoms with Crippen LogP contribution in [0.1, 0.15) is 40.0 Å². The molecule has 0 radical (unpaired) electrons. The van der Waals surface area contributed by atoms with Crippen LogP contribution in [0.5, 0.6) is 5.75 Å². The number of carbonyl (C=O) groups is 2. The predicted octanol–water partition coefficient (Wildman–Crippen LogP) is 2.35. The predicted molar refractivity (Wildman–Crippen MR) is 108 cm³/mol. The Kier molecular flexibility index (Phi) is 7.31. The third kappa shape index (κ3) is 4.40. The maximum Gasteiger partial charge on any atom is 0.325 e. The van der Waals surface area contributed by atoms with E-state index in [-0.39, 0.29) is 23.8 Å². The number of hydrogen-bond acceptors (Lipinski definition) is 5. The van der Waals surface area contributed by atoms with Gasteiger partial charge in [-0.15, -0.1) is 5.92 Å². The molecule has 0 spiro atoms. The minimum Gasteiger partial charge on any atom is -0.481 e. The lowest BCUT2D eigenvalue weighted by atomic mass is 9.81. The minimum absolute atomic E-state index is 0.0512. The molecular weight excluding hydrogens is 394 g/mol. The van der Waals surface area contributed by atoms with Gasteiger partial charge in [0.2, 0.25) is 5.91 Å². The Balaban J connectivity index is 2.36. The van der Waals surface area contributed by atoms with Gasteiger partial charge in [-0.05, 0) is 56.4 Å². The Morgan fingerprint density at radius 3 is 2.28 bits per heavy atom. The van der Waals surface area contributed by atoms with Crippen molar-refractivity contribution in [3.63, 3.8) is 0 Å². The Hall–Kier alpha value is -2.53. The number of ether oxygens (including phenoxy) is 1. The molecule has 0 aliphatic carbocycles. The number of likely N-dealkylation sites (tertiary alicyclic amines) is 1. The molecule has 1 amide bonds. The van der Waals surface area contributed by atoms with Crippen molar-refractivity contribution in [3.8, 4) is 17.6 Å². The molecule has 1 unspecified atom stereocenters. The number of nitrogens with zero attached hydrogens (tertiary/aromatic N) is 1. The lowest BCUT2D eigenvalue weighted by molar-refractivity contribution is -0.142. The highest BCUT2D eigenvalue weighted by Crippen LogP contribution is 2.41. The van der Waals surface area contributed by atoms with E-state index in [9.17, 15) is 23.1 Å². The summed E-state index contributed by atoms with van der Waals surface area (Å²) in [6.45, 7) is 5.63. The summed E-state index contributed by atoms with van der Waals surface area (Å²) >= 11 is 0. The molecule has 1 aromatic rings. The van der Waals surface area contributed by atoms with Gasteiger partial charge in [0.05, 0.1) is 4.90 Å². The molecule has 1 heterocycles. The van der Waals surface area contributed by atoms with Crippen molar-refractivity contribution in [2.24, 2.45) is 5.92 Å². The third-order valence-corrected chi connectivity index (χ3v) is 8.24. The van der Waals surface area contributed by atoms with Gasteiger partial charge in [-0.2, -0.15) is 0 Å². The fourth-order valence-corrected chi connectivity index (χ4v) is 6.12. The van der Waals surface area contributed by atoms with Crippen molar-refractivity contribution in [3.05, 3.63) is 24.3 Å². The van der Waals surface area contributed by atoms with E-state index in [2.05, 4.69) is 11.8 Å². The van der Waals surface area contributed by atoms with Crippen molar-refractivity contribution in [1.29, 1.82) is 0 Å². The summed E-state index contributed by atoms with van der Waals surface area (Å²) in [5.41, 5.74) is 0. The van der Waals surface area contributed by atoms with Gasteiger partial charge in [0.1, 0.15) is 12.4 Å². The normalized spacial score (nSPS) is 17.0. The molecule has 0 bridgehead atoms. The van der Waals surface area contributed by atoms with Crippen LogP contribution in [-0.2, 0) is 19.4 Å². The molecule has 1 saturated heterocycles. The molecule has 0 aromatic heterocycles. The average molecular weight is 422 g/mol. The standard InChI is InChI=1S/C21H27NO6S/c1-4-6-15-28-18-7-9-19(10-8-18)29(26,27)21(5-2,20(24)25)17-11-13-22(14-12-17)16(3)23/h7-10,17H,5,11-15H2,1-3H3,(H,24,25). The van der Waals surface area contributed by atoms with E-state index in [1.807, 2.05) is 0 Å². The summed E-state index contributed by atoms with van der Waals surface area (Å²) in [6.07, 6.45) is 0.603. The van der Waals surface area contributed by atoms with E-state index < -0.39 is 26.5 Å². The van der Waals surface area contributed by atoms with E-state index in [4.69, 9.17) is 4.74 Å². The molecule has 29 heavy (non-hydrogen) atoms. The summed E-state index contributed by atoms with van der Waals surface area (Å²) < 4.78 is 30.4. The Morgan fingerprint density at radius 2 is 1.83 bits per heavy atom. The molecule has 1 atom stereocenters. The van der Waals surface area contributed by atoms with Crippen molar-refractivity contribution >= 4 is 21.7 Å². The first-order valence-electron chi connectivity index (χ1n) is 9.56. The largest absolute Gasteiger partial charge is 0.481 e. The highest BCUT2D eigenvalue weighted by atomic mass is 32.2. The fourth-order valence-electron chi connectivity index (χ4n) is 3.92. The summed E-state index contributed by atoms with van der Waals surface area (Å²) in [5.74, 6) is 3.88. The van der Waals surface area contributed by atoms with Crippen LogP contribution >= 0.6 is 0 Å². The van der Waals surface area contributed by atoms with Crippen molar-refractivity contribution in [2.75, 3.05) is 19.7 Å². The second kappa shape index (κ2) is 9.31. The van der Waals surface area contributed by atoms with Crippen LogP contribution in [0.15, 0.2) is 29.2 Å². The Morgan fingerprint density at radius 1 is 1.24 bits per heavy atom. The smallest absolute Gasteiger partial charge is 0.325 e. The molecule has 8 heteroatoms. The number of carboxylic acid groups (broad SMARTS) is 1. The van der Waals surface area contributed by atoms with Crippen LogP contribution in [0.2, 0.25) is 0 Å². The lowest BCUT2D eigenvalue weighted by Crippen LogP contribution is -2.55. The molecule has 1 fully saturated rings. The van der Waals surface area contributed by atoms with Gasteiger partial charge < -0.3 is 14.7 Å². The summed E-state index contributed by atoms with van der Waals surface area (Å²) in [4.78, 5) is 25.5. The number of aliphatic carboxylic acids is 1. The summed E-state index contributed by atoms with van der Waals surface area (Å²) in [5, 5.41) is 10.0. The van der Waals surface area contributed by atoms with E-state index in [1.165, 1.54) is 31.2 Å². The zero-order chi connectivity index (χ0) is 21.7. The fraction of sp³-hybridized carbons (Fsp3) is 0.524. The maximum absolute atomic E-state index is 13.5. The first kappa shape index (κ1) is 22.8. The quantitative estimate of drug-likeness (QED) is 0.678. The van der Waals surface area contributed by atoms with Gasteiger partial charge in [0.25, 0.3) is 0 Å². The second-order valence-electron chi connectivity index (χ2n) is 7.02. The van der Waals surface area contributed by atoms with E-state index in [0.717, 1.165) is 0 Å². The molecule has 1 aromatic carbocycles. The maximum atomic E-state index is 13.5. The van der Waals surface area contributed by atoms with Crippen LogP contribution in [0.25, 0.3) is 0 Å². The summed E-state index contributed by atoms with van der Waals surface area (Å²) in [6, 6.07) is 5.76. The number of hydrogen-bond donors (Lipinski definition) is 1. The van der Waals surface area contributed by atoms with Crippen molar-refractivity contribution < 1.29 is 27.9 Å². The van der Waals surface area contributed by atoms with E-state index in [1.54, 1.807) is 18.7 Å². The number of rotatable bonds is 7. The first-order valence-corrected chi connectivity index (χ1v) is 11.0. The zero-order valence-electron chi connectivity index (χ0n) is 17.0. The summed E-state index contributed by atoms with van der Waals surface area (Å²) in [7, 11) is -4.18. The Bertz CT molecular complexity index is 905. The lowest BCUT2D eigenvalue weighted by Gasteiger charge is -2.41. The van der Waals surface area contributed by atoms with Crippen molar-refractivity contribution in [1.82, 2.24) is 4.90 Å². The second-order valence-corrected chi connectivity index (χ2v) is 9.23.